The Morgan fingerprint density at radius 1 is 1.35 bits per heavy atom. The SMILES string of the molecule is C=C/C(Cl)=C(Cl)\C(=C/C)CN1CCCCC2NCCC21. The van der Waals surface area contributed by atoms with Gasteiger partial charge in [0.2, 0.25) is 0 Å². The number of rotatable bonds is 4. The lowest BCUT2D eigenvalue weighted by Gasteiger charge is -2.31. The minimum absolute atomic E-state index is 0.538. The van der Waals surface area contributed by atoms with Gasteiger partial charge in [0.05, 0.1) is 10.1 Å². The van der Waals surface area contributed by atoms with Crippen LogP contribution in [0.4, 0.5) is 0 Å². The fourth-order valence-electron chi connectivity index (χ4n) is 3.28. The van der Waals surface area contributed by atoms with Crippen molar-refractivity contribution < 1.29 is 0 Å². The van der Waals surface area contributed by atoms with Crippen LogP contribution in [0, 0.1) is 0 Å². The van der Waals surface area contributed by atoms with Crippen LogP contribution in [0.15, 0.2) is 34.4 Å². The topological polar surface area (TPSA) is 15.3 Å². The van der Waals surface area contributed by atoms with E-state index in [1.54, 1.807) is 6.08 Å². The van der Waals surface area contributed by atoms with Crippen LogP contribution < -0.4 is 5.32 Å². The standard InChI is InChI=1S/C16H24Cl2N2/c1-3-12(16(18)13(17)4-2)11-20-10-6-5-7-14-15(20)8-9-19-14/h3-4,14-15,19H,2,5-11H2,1H3/b12-3-,16-13-. The number of allylic oxidation sites excluding steroid dienone is 3. The Labute approximate surface area is 132 Å². The van der Waals surface area contributed by atoms with Crippen molar-refractivity contribution in [2.24, 2.45) is 0 Å². The van der Waals surface area contributed by atoms with Gasteiger partial charge in [0.15, 0.2) is 0 Å². The minimum atomic E-state index is 0.538. The second-order valence-corrected chi connectivity index (χ2v) is 6.35. The maximum absolute atomic E-state index is 6.37. The van der Waals surface area contributed by atoms with Crippen molar-refractivity contribution in [2.75, 3.05) is 19.6 Å². The van der Waals surface area contributed by atoms with Gasteiger partial charge >= 0.3 is 0 Å². The maximum Gasteiger partial charge on any atom is 0.0633 e. The molecule has 2 unspecified atom stereocenters. The number of nitrogens with one attached hydrogen (secondary N) is 1. The van der Waals surface area contributed by atoms with E-state index in [9.17, 15) is 0 Å². The molecule has 2 atom stereocenters. The van der Waals surface area contributed by atoms with Gasteiger partial charge in [0.25, 0.3) is 0 Å². The van der Waals surface area contributed by atoms with Crippen LogP contribution >= 0.6 is 23.2 Å². The summed E-state index contributed by atoms with van der Waals surface area (Å²) in [7, 11) is 0. The molecule has 0 aromatic carbocycles. The Bertz CT molecular complexity index is 415. The van der Waals surface area contributed by atoms with E-state index in [4.69, 9.17) is 23.2 Å². The first-order chi connectivity index (χ1) is 9.67. The molecule has 0 amide bonds. The summed E-state index contributed by atoms with van der Waals surface area (Å²) in [6.45, 7) is 8.87. The highest BCUT2D eigenvalue weighted by atomic mass is 35.5. The summed E-state index contributed by atoms with van der Waals surface area (Å²) in [4.78, 5) is 2.57. The summed E-state index contributed by atoms with van der Waals surface area (Å²) >= 11 is 12.5. The first-order valence-electron chi connectivity index (χ1n) is 7.48. The van der Waals surface area contributed by atoms with Crippen LogP contribution in [-0.2, 0) is 0 Å². The fraction of sp³-hybridized carbons (Fsp3) is 0.625. The van der Waals surface area contributed by atoms with Crippen molar-refractivity contribution in [2.45, 2.75) is 44.7 Å². The van der Waals surface area contributed by atoms with Crippen LogP contribution in [-0.4, -0.2) is 36.6 Å². The van der Waals surface area contributed by atoms with Gasteiger partial charge in [0.1, 0.15) is 0 Å². The van der Waals surface area contributed by atoms with Gasteiger partial charge < -0.3 is 5.32 Å². The molecule has 0 spiro atoms. The molecular formula is C16H24Cl2N2. The van der Waals surface area contributed by atoms with Gasteiger partial charge in [0, 0.05) is 18.6 Å². The van der Waals surface area contributed by atoms with E-state index < -0.39 is 0 Å². The van der Waals surface area contributed by atoms with Crippen molar-refractivity contribution >= 4 is 23.2 Å². The predicted molar refractivity (Wildman–Crippen MR) is 88.3 cm³/mol. The molecule has 4 heteroatoms. The maximum atomic E-state index is 6.37. The predicted octanol–water partition coefficient (Wildman–Crippen LogP) is 4.02. The van der Waals surface area contributed by atoms with Gasteiger partial charge in [-0.1, -0.05) is 42.3 Å². The molecule has 0 aliphatic carbocycles. The first-order valence-corrected chi connectivity index (χ1v) is 8.23. The van der Waals surface area contributed by atoms with Crippen LogP contribution in [0.1, 0.15) is 32.6 Å². The van der Waals surface area contributed by atoms with Crippen LogP contribution in [0.5, 0.6) is 0 Å². The number of fused-ring (bicyclic) bond motifs is 1. The molecular weight excluding hydrogens is 291 g/mol. The number of halogens is 2. The summed E-state index contributed by atoms with van der Waals surface area (Å²) in [5.41, 5.74) is 1.10. The van der Waals surface area contributed by atoms with E-state index in [1.807, 2.05) is 6.92 Å². The minimum Gasteiger partial charge on any atom is -0.312 e. The third-order valence-electron chi connectivity index (χ3n) is 4.38. The molecule has 0 bridgehead atoms. The summed E-state index contributed by atoms with van der Waals surface area (Å²) in [6.07, 6.45) is 8.78. The van der Waals surface area contributed by atoms with Crippen LogP contribution in [0.2, 0.25) is 0 Å². The van der Waals surface area contributed by atoms with Gasteiger partial charge in [-0.25, -0.2) is 0 Å². The summed E-state index contributed by atoms with van der Waals surface area (Å²) in [5.74, 6) is 0. The van der Waals surface area contributed by atoms with Crippen molar-refractivity contribution in [1.29, 1.82) is 0 Å². The molecule has 0 saturated carbocycles. The molecule has 1 N–H and O–H groups in total. The van der Waals surface area contributed by atoms with E-state index >= 15 is 0 Å². The Morgan fingerprint density at radius 2 is 2.15 bits per heavy atom. The Morgan fingerprint density at radius 3 is 2.85 bits per heavy atom. The molecule has 2 rings (SSSR count). The molecule has 2 aliphatic rings. The molecule has 0 aromatic heterocycles. The van der Waals surface area contributed by atoms with E-state index in [1.165, 1.54) is 25.7 Å². The molecule has 0 radical (unpaired) electrons. The molecule has 2 fully saturated rings. The highest BCUT2D eigenvalue weighted by Crippen LogP contribution is 2.28. The summed E-state index contributed by atoms with van der Waals surface area (Å²) in [6, 6.07) is 1.28. The quantitative estimate of drug-likeness (QED) is 0.788. The zero-order chi connectivity index (χ0) is 14.5. The third kappa shape index (κ3) is 3.67. The largest absolute Gasteiger partial charge is 0.312 e. The smallest absolute Gasteiger partial charge is 0.0633 e. The number of nitrogens with zero attached hydrogens (tertiary/aromatic N) is 1. The summed E-state index contributed by atoms with van der Waals surface area (Å²) in [5, 5.41) is 4.81. The number of hydrogen-bond donors (Lipinski definition) is 1. The van der Waals surface area contributed by atoms with Crippen molar-refractivity contribution in [3.05, 3.63) is 34.4 Å². The lowest BCUT2D eigenvalue weighted by Crippen LogP contribution is -2.43. The van der Waals surface area contributed by atoms with Crippen molar-refractivity contribution in [3.63, 3.8) is 0 Å². The van der Waals surface area contributed by atoms with Gasteiger partial charge in [-0.15, -0.1) is 0 Å². The van der Waals surface area contributed by atoms with Gasteiger partial charge in [-0.05, 0) is 50.9 Å². The molecule has 2 nitrogen and oxygen atoms in total. The monoisotopic (exact) mass is 314 g/mol. The Kier molecular flexibility index (Phi) is 6.16. The van der Waals surface area contributed by atoms with Crippen LogP contribution in [0.25, 0.3) is 0 Å². The van der Waals surface area contributed by atoms with Gasteiger partial charge in [-0.2, -0.15) is 0 Å². The zero-order valence-corrected chi connectivity index (χ0v) is 13.7. The molecule has 112 valence electrons. The molecule has 2 aliphatic heterocycles. The van der Waals surface area contributed by atoms with Crippen molar-refractivity contribution in [3.8, 4) is 0 Å². The normalized spacial score (nSPS) is 29.6. The third-order valence-corrected chi connectivity index (χ3v) is 5.27. The van der Waals surface area contributed by atoms with Gasteiger partial charge in [-0.3, -0.25) is 4.90 Å². The van der Waals surface area contributed by atoms with E-state index in [0.717, 1.165) is 25.2 Å². The number of hydrogen-bond acceptors (Lipinski definition) is 2. The Hall–Kier alpha value is -0.280. The molecule has 0 aromatic rings. The van der Waals surface area contributed by atoms with Crippen molar-refractivity contribution in [1.82, 2.24) is 10.2 Å². The highest BCUT2D eigenvalue weighted by molar-refractivity contribution is 6.41. The highest BCUT2D eigenvalue weighted by Gasteiger charge is 2.33. The van der Waals surface area contributed by atoms with E-state index in [-0.39, 0.29) is 0 Å². The average Bonchev–Trinajstić information content (AvgIpc) is 2.85. The fourth-order valence-corrected chi connectivity index (χ4v) is 3.64. The molecule has 20 heavy (non-hydrogen) atoms. The average molecular weight is 315 g/mol. The van der Waals surface area contributed by atoms with E-state index in [0.29, 0.717) is 22.1 Å². The molecule has 2 heterocycles. The lowest BCUT2D eigenvalue weighted by molar-refractivity contribution is 0.212. The second kappa shape index (κ2) is 7.65. The Balaban J connectivity index is 2.12. The second-order valence-electron chi connectivity index (χ2n) is 5.56. The molecule has 2 saturated heterocycles. The number of likely N-dealkylation sites (tertiary alicyclic amines) is 1. The summed E-state index contributed by atoms with van der Waals surface area (Å²) < 4.78 is 0. The van der Waals surface area contributed by atoms with E-state index in [2.05, 4.69) is 22.9 Å². The zero-order valence-electron chi connectivity index (χ0n) is 12.2. The first kappa shape index (κ1) is 16.1. The lowest BCUT2D eigenvalue weighted by atomic mass is 10.0. The van der Waals surface area contributed by atoms with Crippen LogP contribution in [0.3, 0.4) is 0 Å².